The molecule has 1 unspecified atom stereocenters. The SMILES string of the molecule is CCc1cc(CC)n(CC(C)CNC)n1. The van der Waals surface area contributed by atoms with Crippen molar-refractivity contribution in [3.05, 3.63) is 17.5 Å². The van der Waals surface area contributed by atoms with Crippen molar-refractivity contribution < 1.29 is 0 Å². The molecule has 0 saturated carbocycles. The third-order valence-electron chi connectivity index (χ3n) is 2.68. The normalized spacial score (nSPS) is 13.1. The van der Waals surface area contributed by atoms with E-state index in [1.807, 2.05) is 7.05 Å². The van der Waals surface area contributed by atoms with Crippen LogP contribution in [0.4, 0.5) is 0 Å². The summed E-state index contributed by atoms with van der Waals surface area (Å²) in [4.78, 5) is 0. The van der Waals surface area contributed by atoms with Gasteiger partial charge in [-0.3, -0.25) is 4.68 Å². The third kappa shape index (κ3) is 3.34. The molecular weight excluding hydrogens is 186 g/mol. The molecule has 0 aliphatic rings. The van der Waals surface area contributed by atoms with E-state index >= 15 is 0 Å². The molecule has 15 heavy (non-hydrogen) atoms. The van der Waals surface area contributed by atoms with Crippen molar-refractivity contribution >= 4 is 0 Å². The van der Waals surface area contributed by atoms with E-state index < -0.39 is 0 Å². The summed E-state index contributed by atoms with van der Waals surface area (Å²) < 4.78 is 2.17. The first kappa shape index (κ1) is 12.2. The van der Waals surface area contributed by atoms with E-state index in [-0.39, 0.29) is 0 Å². The quantitative estimate of drug-likeness (QED) is 0.775. The molecule has 0 aliphatic heterocycles. The molecule has 0 radical (unpaired) electrons. The van der Waals surface area contributed by atoms with E-state index in [1.165, 1.54) is 11.4 Å². The number of rotatable bonds is 6. The minimum absolute atomic E-state index is 0.630. The van der Waals surface area contributed by atoms with Crippen molar-refractivity contribution in [3.63, 3.8) is 0 Å². The largest absolute Gasteiger partial charge is 0.319 e. The van der Waals surface area contributed by atoms with Gasteiger partial charge in [0.25, 0.3) is 0 Å². The molecule has 3 nitrogen and oxygen atoms in total. The van der Waals surface area contributed by atoms with Gasteiger partial charge in [-0.1, -0.05) is 20.8 Å². The zero-order valence-corrected chi connectivity index (χ0v) is 10.4. The fraction of sp³-hybridized carbons (Fsp3) is 0.750. The van der Waals surface area contributed by atoms with E-state index in [9.17, 15) is 0 Å². The summed E-state index contributed by atoms with van der Waals surface area (Å²) in [7, 11) is 2.00. The highest BCUT2D eigenvalue weighted by Gasteiger charge is 2.08. The monoisotopic (exact) mass is 209 g/mol. The Labute approximate surface area is 92.9 Å². The van der Waals surface area contributed by atoms with Crippen LogP contribution in [0.5, 0.6) is 0 Å². The van der Waals surface area contributed by atoms with Crippen LogP contribution >= 0.6 is 0 Å². The Bertz CT molecular complexity index is 291. The Kier molecular flexibility index (Phi) is 4.82. The topological polar surface area (TPSA) is 29.9 Å². The smallest absolute Gasteiger partial charge is 0.0624 e. The van der Waals surface area contributed by atoms with Gasteiger partial charge >= 0.3 is 0 Å². The van der Waals surface area contributed by atoms with Crippen LogP contribution in [-0.4, -0.2) is 23.4 Å². The van der Waals surface area contributed by atoms with E-state index in [2.05, 4.69) is 41.9 Å². The van der Waals surface area contributed by atoms with Crippen LogP contribution in [0.1, 0.15) is 32.2 Å². The summed E-state index contributed by atoms with van der Waals surface area (Å²) >= 11 is 0. The average molecular weight is 209 g/mol. The Morgan fingerprint density at radius 1 is 1.40 bits per heavy atom. The first-order valence-corrected chi connectivity index (χ1v) is 5.91. The highest BCUT2D eigenvalue weighted by molar-refractivity contribution is 5.10. The second kappa shape index (κ2) is 5.91. The minimum Gasteiger partial charge on any atom is -0.319 e. The molecule has 0 aromatic carbocycles. The summed E-state index contributed by atoms with van der Waals surface area (Å²) in [6, 6.07) is 2.23. The zero-order valence-electron chi connectivity index (χ0n) is 10.4. The fourth-order valence-electron chi connectivity index (χ4n) is 1.84. The van der Waals surface area contributed by atoms with E-state index in [4.69, 9.17) is 0 Å². The summed E-state index contributed by atoms with van der Waals surface area (Å²) in [5, 5.41) is 7.82. The Balaban J connectivity index is 2.69. The number of aryl methyl sites for hydroxylation is 2. The molecule has 0 aliphatic carbocycles. The van der Waals surface area contributed by atoms with Crippen LogP contribution in [0.15, 0.2) is 6.07 Å². The molecule has 0 saturated heterocycles. The number of hydrogen-bond donors (Lipinski definition) is 1. The number of nitrogens with one attached hydrogen (secondary N) is 1. The van der Waals surface area contributed by atoms with Gasteiger partial charge in [-0.25, -0.2) is 0 Å². The molecule has 0 bridgehead atoms. The predicted octanol–water partition coefficient (Wildman–Crippen LogP) is 1.86. The Hall–Kier alpha value is -0.830. The molecule has 1 heterocycles. The maximum absolute atomic E-state index is 4.61. The van der Waals surface area contributed by atoms with Crippen molar-refractivity contribution in [3.8, 4) is 0 Å². The summed E-state index contributed by atoms with van der Waals surface area (Å²) in [5.41, 5.74) is 2.57. The van der Waals surface area contributed by atoms with Crippen molar-refractivity contribution in [2.45, 2.75) is 40.2 Å². The van der Waals surface area contributed by atoms with E-state index in [0.29, 0.717) is 5.92 Å². The Morgan fingerprint density at radius 3 is 2.67 bits per heavy atom. The van der Waals surface area contributed by atoms with Crippen LogP contribution in [0.25, 0.3) is 0 Å². The van der Waals surface area contributed by atoms with Crippen LogP contribution in [0, 0.1) is 5.92 Å². The molecule has 1 N–H and O–H groups in total. The van der Waals surface area contributed by atoms with Crippen LogP contribution in [0.3, 0.4) is 0 Å². The van der Waals surface area contributed by atoms with Crippen LogP contribution in [0.2, 0.25) is 0 Å². The Morgan fingerprint density at radius 2 is 2.13 bits per heavy atom. The van der Waals surface area contributed by atoms with Gasteiger partial charge in [-0.05, 0) is 38.4 Å². The van der Waals surface area contributed by atoms with Crippen LogP contribution in [-0.2, 0) is 19.4 Å². The molecule has 1 atom stereocenters. The summed E-state index contributed by atoms with van der Waals surface area (Å²) in [6.07, 6.45) is 2.10. The van der Waals surface area contributed by atoms with Gasteiger partial charge < -0.3 is 5.32 Å². The standard InChI is InChI=1S/C12H23N3/c1-5-11-7-12(6-2)15(14-11)9-10(3)8-13-4/h7,10,13H,5-6,8-9H2,1-4H3. The lowest BCUT2D eigenvalue weighted by molar-refractivity contribution is 0.424. The minimum atomic E-state index is 0.630. The molecular formula is C12H23N3. The molecule has 0 spiro atoms. The summed E-state index contributed by atoms with van der Waals surface area (Å²) in [6.45, 7) is 8.66. The molecule has 1 rings (SSSR count). The second-order valence-electron chi connectivity index (χ2n) is 4.18. The lowest BCUT2D eigenvalue weighted by Gasteiger charge is -2.12. The number of aromatic nitrogens is 2. The van der Waals surface area contributed by atoms with Gasteiger partial charge in [0.05, 0.1) is 5.69 Å². The predicted molar refractivity (Wildman–Crippen MR) is 64.1 cm³/mol. The van der Waals surface area contributed by atoms with Gasteiger partial charge in [0.2, 0.25) is 0 Å². The van der Waals surface area contributed by atoms with Crippen molar-refractivity contribution in [2.24, 2.45) is 5.92 Å². The maximum Gasteiger partial charge on any atom is 0.0624 e. The first-order valence-electron chi connectivity index (χ1n) is 5.91. The average Bonchev–Trinajstić information content (AvgIpc) is 2.60. The van der Waals surface area contributed by atoms with Gasteiger partial charge in [-0.15, -0.1) is 0 Å². The fourth-order valence-corrected chi connectivity index (χ4v) is 1.84. The molecule has 86 valence electrons. The van der Waals surface area contributed by atoms with Crippen molar-refractivity contribution in [1.82, 2.24) is 15.1 Å². The first-order chi connectivity index (χ1) is 7.21. The maximum atomic E-state index is 4.61. The highest BCUT2D eigenvalue weighted by atomic mass is 15.3. The van der Waals surface area contributed by atoms with Gasteiger partial charge in [0, 0.05) is 12.2 Å². The lowest BCUT2D eigenvalue weighted by atomic mass is 10.2. The lowest BCUT2D eigenvalue weighted by Crippen LogP contribution is -2.22. The third-order valence-corrected chi connectivity index (χ3v) is 2.68. The van der Waals surface area contributed by atoms with Gasteiger partial charge in [0.1, 0.15) is 0 Å². The molecule has 1 aromatic rings. The molecule has 0 amide bonds. The van der Waals surface area contributed by atoms with Gasteiger partial charge in [-0.2, -0.15) is 5.10 Å². The van der Waals surface area contributed by atoms with Crippen molar-refractivity contribution in [2.75, 3.05) is 13.6 Å². The second-order valence-corrected chi connectivity index (χ2v) is 4.18. The van der Waals surface area contributed by atoms with Crippen LogP contribution < -0.4 is 5.32 Å². The molecule has 3 heteroatoms. The van der Waals surface area contributed by atoms with Gasteiger partial charge in [0.15, 0.2) is 0 Å². The van der Waals surface area contributed by atoms with E-state index in [1.54, 1.807) is 0 Å². The number of nitrogens with zero attached hydrogens (tertiary/aromatic N) is 2. The number of hydrogen-bond acceptors (Lipinski definition) is 2. The molecule has 1 aromatic heterocycles. The summed E-state index contributed by atoms with van der Waals surface area (Å²) in [5.74, 6) is 0.630. The zero-order chi connectivity index (χ0) is 11.3. The molecule has 0 fully saturated rings. The van der Waals surface area contributed by atoms with E-state index in [0.717, 1.165) is 25.9 Å². The van der Waals surface area contributed by atoms with Crippen molar-refractivity contribution in [1.29, 1.82) is 0 Å². The highest BCUT2D eigenvalue weighted by Crippen LogP contribution is 2.09.